The number of rotatable bonds is 8. The molecule has 3 rings (SSSR count). The lowest BCUT2D eigenvalue weighted by Gasteiger charge is -2.08. The van der Waals surface area contributed by atoms with Crippen molar-refractivity contribution in [2.45, 2.75) is 13.0 Å². The first-order chi connectivity index (χ1) is 14.0. The summed E-state index contributed by atoms with van der Waals surface area (Å²) in [5, 5.41) is 2.60. The lowest BCUT2D eigenvalue weighted by atomic mass is 10.1. The van der Waals surface area contributed by atoms with E-state index < -0.39 is 11.8 Å². The van der Waals surface area contributed by atoms with Crippen molar-refractivity contribution in [1.82, 2.24) is 4.98 Å². The summed E-state index contributed by atoms with van der Waals surface area (Å²) in [5.74, 6) is 0.399. The number of nitrogens with zero attached hydrogens (tertiary/aromatic N) is 1. The number of aromatic nitrogens is 1. The van der Waals surface area contributed by atoms with Gasteiger partial charge in [-0.05, 0) is 35.9 Å². The maximum absolute atomic E-state index is 13.7. The van der Waals surface area contributed by atoms with Crippen LogP contribution in [0.5, 0.6) is 17.2 Å². The average molecular weight is 417 g/mol. The molecule has 1 heterocycles. The minimum atomic E-state index is -0.517. The predicted molar refractivity (Wildman–Crippen MR) is 107 cm³/mol. The topological polar surface area (TPSA) is 66.9 Å². The average Bonchev–Trinajstić information content (AvgIpc) is 3.21. The van der Waals surface area contributed by atoms with E-state index in [1.807, 2.05) is 23.6 Å². The Morgan fingerprint density at radius 3 is 2.41 bits per heavy atom. The summed E-state index contributed by atoms with van der Waals surface area (Å²) < 4.78 is 34.4. The van der Waals surface area contributed by atoms with Gasteiger partial charge >= 0.3 is 5.97 Å². The van der Waals surface area contributed by atoms with Crippen LogP contribution in [0, 0.1) is 5.82 Å². The molecule has 0 spiro atoms. The molecule has 0 fully saturated rings. The SMILES string of the molecule is COc1ccc(CC(=O)OCc2csc(-c3ccc(OC)c(OC)c3)n2)cc1F. The van der Waals surface area contributed by atoms with E-state index in [4.69, 9.17) is 18.9 Å². The van der Waals surface area contributed by atoms with Crippen LogP contribution in [0.25, 0.3) is 10.6 Å². The van der Waals surface area contributed by atoms with Gasteiger partial charge in [0.25, 0.3) is 0 Å². The zero-order valence-electron chi connectivity index (χ0n) is 16.2. The second kappa shape index (κ2) is 9.38. The van der Waals surface area contributed by atoms with Crippen LogP contribution in [-0.2, 0) is 22.6 Å². The molecule has 0 bridgehead atoms. The summed E-state index contributed by atoms with van der Waals surface area (Å²) in [6.07, 6.45) is -0.0341. The molecule has 1 aromatic heterocycles. The molecule has 0 aliphatic heterocycles. The highest BCUT2D eigenvalue weighted by molar-refractivity contribution is 7.13. The monoisotopic (exact) mass is 417 g/mol. The summed E-state index contributed by atoms with van der Waals surface area (Å²) >= 11 is 1.43. The minimum absolute atomic E-state index is 0.0341. The highest BCUT2D eigenvalue weighted by Gasteiger charge is 2.12. The summed E-state index contributed by atoms with van der Waals surface area (Å²) in [4.78, 5) is 16.5. The molecule has 0 amide bonds. The maximum atomic E-state index is 13.7. The number of carbonyl (C=O) groups excluding carboxylic acids is 1. The zero-order chi connectivity index (χ0) is 20.8. The molecule has 0 atom stereocenters. The van der Waals surface area contributed by atoms with Crippen LogP contribution in [0.15, 0.2) is 41.8 Å². The number of ether oxygens (including phenoxy) is 4. The Balaban J connectivity index is 1.60. The highest BCUT2D eigenvalue weighted by Crippen LogP contribution is 2.33. The number of esters is 1. The van der Waals surface area contributed by atoms with E-state index in [0.29, 0.717) is 22.8 Å². The largest absolute Gasteiger partial charge is 0.494 e. The van der Waals surface area contributed by atoms with Crippen molar-refractivity contribution in [3.63, 3.8) is 0 Å². The van der Waals surface area contributed by atoms with Gasteiger partial charge in [0.1, 0.15) is 11.6 Å². The van der Waals surface area contributed by atoms with E-state index in [1.165, 1.54) is 30.6 Å². The maximum Gasteiger partial charge on any atom is 0.310 e. The van der Waals surface area contributed by atoms with Crippen molar-refractivity contribution in [3.05, 3.63) is 58.9 Å². The lowest BCUT2D eigenvalue weighted by Crippen LogP contribution is -2.08. The molecule has 29 heavy (non-hydrogen) atoms. The Bertz CT molecular complexity index is 1000. The molecule has 0 unspecified atom stereocenters. The first kappa shape index (κ1) is 20.6. The third-order valence-corrected chi connectivity index (χ3v) is 5.07. The molecule has 8 heteroatoms. The Morgan fingerprint density at radius 1 is 1.00 bits per heavy atom. The predicted octanol–water partition coefficient (Wildman–Crippen LogP) is 4.26. The standard InChI is InChI=1S/C21H20FNO5S/c1-25-17-6-4-13(8-16(17)22)9-20(24)28-11-15-12-29-21(23-15)14-5-7-18(26-2)19(10-14)27-3/h4-8,10,12H,9,11H2,1-3H3. The van der Waals surface area contributed by atoms with E-state index in [1.54, 1.807) is 20.3 Å². The van der Waals surface area contributed by atoms with Crippen molar-refractivity contribution in [3.8, 4) is 27.8 Å². The molecule has 0 N–H and O–H groups in total. The summed E-state index contributed by atoms with van der Waals surface area (Å²) in [6.45, 7) is 0.0429. The van der Waals surface area contributed by atoms with Crippen molar-refractivity contribution in [2.24, 2.45) is 0 Å². The van der Waals surface area contributed by atoms with Gasteiger partial charge in [-0.25, -0.2) is 9.37 Å². The molecule has 0 radical (unpaired) electrons. The van der Waals surface area contributed by atoms with Gasteiger partial charge in [0, 0.05) is 10.9 Å². The Hall–Kier alpha value is -3.13. The fourth-order valence-electron chi connectivity index (χ4n) is 2.67. The number of benzene rings is 2. The number of halogens is 1. The third kappa shape index (κ3) is 5.03. The molecule has 0 aliphatic rings. The Labute approximate surface area is 171 Å². The van der Waals surface area contributed by atoms with Crippen molar-refractivity contribution >= 4 is 17.3 Å². The molecule has 0 saturated heterocycles. The number of hydrogen-bond donors (Lipinski definition) is 0. The van der Waals surface area contributed by atoms with Crippen molar-refractivity contribution < 1.29 is 28.1 Å². The van der Waals surface area contributed by atoms with Gasteiger partial charge in [0.2, 0.25) is 0 Å². The van der Waals surface area contributed by atoms with Crippen LogP contribution in [0.3, 0.4) is 0 Å². The molecule has 0 aliphatic carbocycles. The van der Waals surface area contributed by atoms with Gasteiger partial charge in [-0.1, -0.05) is 6.07 Å². The molecule has 6 nitrogen and oxygen atoms in total. The van der Waals surface area contributed by atoms with Crippen LogP contribution in [0.4, 0.5) is 4.39 Å². The number of hydrogen-bond acceptors (Lipinski definition) is 7. The summed E-state index contributed by atoms with van der Waals surface area (Å²) in [5.41, 5.74) is 2.02. The van der Waals surface area contributed by atoms with Crippen LogP contribution in [-0.4, -0.2) is 32.3 Å². The fraction of sp³-hybridized carbons (Fsp3) is 0.238. The third-order valence-electron chi connectivity index (χ3n) is 4.13. The van der Waals surface area contributed by atoms with E-state index >= 15 is 0 Å². The van der Waals surface area contributed by atoms with Crippen LogP contribution in [0.1, 0.15) is 11.3 Å². The first-order valence-corrected chi connectivity index (χ1v) is 9.57. The van der Waals surface area contributed by atoms with E-state index in [0.717, 1.165) is 10.6 Å². The van der Waals surface area contributed by atoms with E-state index in [2.05, 4.69) is 4.98 Å². The molecule has 152 valence electrons. The normalized spacial score (nSPS) is 10.5. The molecular formula is C21H20FNO5S. The van der Waals surface area contributed by atoms with Gasteiger partial charge in [-0.2, -0.15) is 0 Å². The Kier molecular flexibility index (Phi) is 6.66. The number of methoxy groups -OCH3 is 3. The molecular weight excluding hydrogens is 397 g/mol. The van der Waals surface area contributed by atoms with Gasteiger partial charge in [0.15, 0.2) is 23.1 Å². The van der Waals surface area contributed by atoms with E-state index in [-0.39, 0.29) is 18.8 Å². The number of thiazole rings is 1. The quantitative estimate of drug-likeness (QED) is 0.510. The lowest BCUT2D eigenvalue weighted by molar-refractivity contribution is -0.144. The second-order valence-corrected chi connectivity index (χ2v) is 6.88. The molecule has 2 aromatic carbocycles. The van der Waals surface area contributed by atoms with Gasteiger partial charge in [-0.15, -0.1) is 11.3 Å². The van der Waals surface area contributed by atoms with Gasteiger partial charge in [0.05, 0.1) is 33.4 Å². The highest BCUT2D eigenvalue weighted by atomic mass is 32.1. The van der Waals surface area contributed by atoms with Crippen molar-refractivity contribution in [2.75, 3.05) is 21.3 Å². The van der Waals surface area contributed by atoms with Crippen molar-refractivity contribution in [1.29, 1.82) is 0 Å². The van der Waals surface area contributed by atoms with Crippen LogP contribution in [0.2, 0.25) is 0 Å². The smallest absolute Gasteiger partial charge is 0.310 e. The van der Waals surface area contributed by atoms with Crippen LogP contribution < -0.4 is 14.2 Å². The second-order valence-electron chi connectivity index (χ2n) is 6.02. The van der Waals surface area contributed by atoms with E-state index in [9.17, 15) is 9.18 Å². The van der Waals surface area contributed by atoms with Crippen LogP contribution >= 0.6 is 11.3 Å². The minimum Gasteiger partial charge on any atom is -0.494 e. The Morgan fingerprint density at radius 2 is 1.72 bits per heavy atom. The summed E-state index contributed by atoms with van der Waals surface area (Å²) in [7, 11) is 4.53. The zero-order valence-corrected chi connectivity index (χ0v) is 17.0. The summed E-state index contributed by atoms with van der Waals surface area (Å²) in [6, 6.07) is 9.90. The number of carbonyl (C=O) groups is 1. The van der Waals surface area contributed by atoms with Gasteiger partial charge in [-0.3, -0.25) is 4.79 Å². The fourth-order valence-corrected chi connectivity index (χ4v) is 3.47. The first-order valence-electron chi connectivity index (χ1n) is 8.69. The molecule has 0 saturated carbocycles. The molecule has 3 aromatic rings. The van der Waals surface area contributed by atoms with Gasteiger partial charge < -0.3 is 18.9 Å².